The predicted molar refractivity (Wildman–Crippen MR) is 79.7 cm³/mol. The molecule has 2 aromatic rings. The van der Waals surface area contributed by atoms with Crippen molar-refractivity contribution in [1.29, 1.82) is 0 Å². The molecule has 1 aromatic heterocycles. The third-order valence-electron chi connectivity index (χ3n) is 3.23. The second kappa shape index (κ2) is 5.69. The summed E-state index contributed by atoms with van der Waals surface area (Å²) in [5, 5.41) is 0. The highest BCUT2D eigenvalue weighted by atomic mass is 15.2. The Kier molecular flexibility index (Phi) is 4.00. The Morgan fingerprint density at radius 2 is 1.79 bits per heavy atom. The van der Waals surface area contributed by atoms with Gasteiger partial charge in [0.15, 0.2) is 0 Å². The van der Waals surface area contributed by atoms with Crippen LogP contribution in [0.4, 0.5) is 17.3 Å². The third-order valence-corrected chi connectivity index (χ3v) is 3.23. The Morgan fingerprint density at radius 1 is 1.11 bits per heavy atom. The van der Waals surface area contributed by atoms with Crippen LogP contribution in [0.5, 0.6) is 0 Å². The summed E-state index contributed by atoms with van der Waals surface area (Å²) in [6.07, 6.45) is 2.35. The molecule has 0 unspecified atom stereocenters. The number of hydrogen-bond donors (Lipinski definition) is 1. The van der Waals surface area contributed by atoms with E-state index in [1.165, 1.54) is 11.9 Å². The molecule has 0 aliphatic rings. The average Bonchev–Trinajstić information content (AvgIpc) is 2.42. The van der Waals surface area contributed by atoms with Crippen LogP contribution in [0.2, 0.25) is 0 Å². The van der Waals surface area contributed by atoms with Crippen LogP contribution in [0.15, 0.2) is 30.6 Å². The molecule has 0 radical (unpaired) electrons. The van der Waals surface area contributed by atoms with E-state index in [1.54, 1.807) is 0 Å². The number of hydrogen-bond acceptors (Lipinski definition) is 4. The molecule has 19 heavy (non-hydrogen) atoms. The number of anilines is 3. The fourth-order valence-corrected chi connectivity index (χ4v) is 2.17. The molecule has 4 nitrogen and oxygen atoms in total. The molecule has 0 fully saturated rings. The first-order valence-corrected chi connectivity index (χ1v) is 6.60. The Hall–Kier alpha value is -2.10. The molecule has 0 saturated heterocycles. The Morgan fingerprint density at radius 3 is 2.37 bits per heavy atom. The van der Waals surface area contributed by atoms with Gasteiger partial charge in [0.1, 0.15) is 18.0 Å². The second-order valence-electron chi connectivity index (χ2n) is 4.49. The molecule has 4 heteroatoms. The molecule has 2 N–H and O–H groups in total. The van der Waals surface area contributed by atoms with Crippen LogP contribution in [0, 0.1) is 6.92 Å². The van der Waals surface area contributed by atoms with Gasteiger partial charge in [-0.3, -0.25) is 0 Å². The summed E-state index contributed by atoms with van der Waals surface area (Å²) in [6, 6.07) is 8.43. The van der Waals surface area contributed by atoms with Crippen LogP contribution < -0.4 is 10.6 Å². The van der Waals surface area contributed by atoms with Gasteiger partial charge in [-0.25, -0.2) is 9.97 Å². The molecule has 0 atom stereocenters. The van der Waals surface area contributed by atoms with Crippen molar-refractivity contribution in [2.45, 2.75) is 27.2 Å². The zero-order valence-electron chi connectivity index (χ0n) is 11.7. The van der Waals surface area contributed by atoms with E-state index >= 15 is 0 Å². The number of aryl methyl sites for hydroxylation is 1. The van der Waals surface area contributed by atoms with Gasteiger partial charge in [-0.1, -0.05) is 24.6 Å². The largest absolute Gasteiger partial charge is 0.383 e. The van der Waals surface area contributed by atoms with Crippen LogP contribution in [-0.4, -0.2) is 16.5 Å². The van der Waals surface area contributed by atoms with Gasteiger partial charge >= 0.3 is 0 Å². The van der Waals surface area contributed by atoms with Crippen molar-refractivity contribution in [2.75, 3.05) is 17.2 Å². The van der Waals surface area contributed by atoms with E-state index < -0.39 is 0 Å². The lowest BCUT2D eigenvalue weighted by Gasteiger charge is -2.24. The first-order valence-electron chi connectivity index (χ1n) is 6.60. The fraction of sp³-hybridized carbons (Fsp3) is 0.333. The quantitative estimate of drug-likeness (QED) is 0.913. The number of nitrogens with two attached hydrogens (primary N) is 1. The number of rotatable bonds is 4. The van der Waals surface area contributed by atoms with Gasteiger partial charge in [-0.15, -0.1) is 0 Å². The first-order chi connectivity index (χ1) is 9.17. The van der Waals surface area contributed by atoms with Crippen molar-refractivity contribution >= 4 is 17.3 Å². The highest BCUT2D eigenvalue weighted by Gasteiger charge is 2.15. The van der Waals surface area contributed by atoms with Crippen molar-refractivity contribution in [1.82, 2.24) is 9.97 Å². The highest BCUT2D eigenvalue weighted by Crippen LogP contribution is 2.28. The van der Waals surface area contributed by atoms with Crippen molar-refractivity contribution < 1.29 is 0 Å². The fourth-order valence-electron chi connectivity index (χ4n) is 2.17. The summed E-state index contributed by atoms with van der Waals surface area (Å²) < 4.78 is 0. The van der Waals surface area contributed by atoms with Gasteiger partial charge in [0.05, 0.1) is 0 Å². The molecule has 0 aliphatic carbocycles. The van der Waals surface area contributed by atoms with Crippen LogP contribution in [0.3, 0.4) is 0 Å². The van der Waals surface area contributed by atoms with E-state index in [0.717, 1.165) is 30.0 Å². The van der Waals surface area contributed by atoms with Crippen LogP contribution in [0.1, 0.15) is 25.0 Å². The standard InChI is InChI=1S/C15H20N4/c1-4-13-14(16)17-10-18-15(13)19(5-2)12-8-6-11(3)7-9-12/h6-10H,4-5H2,1-3H3,(H2,16,17,18). The van der Waals surface area contributed by atoms with E-state index in [2.05, 4.69) is 59.9 Å². The normalized spacial score (nSPS) is 10.5. The molecule has 0 amide bonds. The Labute approximate surface area is 114 Å². The molecule has 0 spiro atoms. The average molecular weight is 256 g/mol. The maximum atomic E-state index is 5.95. The minimum absolute atomic E-state index is 0.568. The smallest absolute Gasteiger partial charge is 0.141 e. The molecule has 2 rings (SSSR count). The third kappa shape index (κ3) is 2.67. The van der Waals surface area contributed by atoms with E-state index in [9.17, 15) is 0 Å². The number of aromatic nitrogens is 2. The lowest BCUT2D eigenvalue weighted by molar-refractivity contribution is 0.943. The van der Waals surface area contributed by atoms with Crippen molar-refractivity contribution in [3.63, 3.8) is 0 Å². The van der Waals surface area contributed by atoms with E-state index in [1.807, 2.05) is 0 Å². The molecule has 0 saturated carbocycles. The summed E-state index contributed by atoms with van der Waals surface area (Å²) in [5.74, 6) is 1.47. The molecule has 0 bridgehead atoms. The van der Waals surface area contributed by atoms with Gasteiger partial charge in [0.25, 0.3) is 0 Å². The maximum absolute atomic E-state index is 5.95. The summed E-state index contributed by atoms with van der Waals surface area (Å²) in [7, 11) is 0. The molecule has 0 aliphatic heterocycles. The van der Waals surface area contributed by atoms with E-state index in [-0.39, 0.29) is 0 Å². The van der Waals surface area contributed by atoms with Gasteiger partial charge < -0.3 is 10.6 Å². The SMILES string of the molecule is CCc1c(N)ncnc1N(CC)c1ccc(C)cc1. The zero-order valence-corrected chi connectivity index (χ0v) is 11.7. The number of benzene rings is 1. The summed E-state index contributed by atoms with van der Waals surface area (Å²) >= 11 is 0. The van der Waals surface area contributed by atoms with E-state index in [0.29, 0.717) is 5.82 Å². The number of nitrogen functional groups attached to an aromatic ring is 1. The summed E-state index contributed by atoms with van der Waals surface area (Å²) in [5.41, 5.74) is 9.33. The van der Waals surface area contributed by atoms with Crippen LogP contribution >= 0.6 is 0 Å². The van der Waals surface area contributed by atoms with Crippen molar-refractivity contribution in [2.24, 2.45) is 0 Å². The first kappa shape index (κ1) is 13.3. The highest BCUT2D eigenvalue weighted by molar-refractivity contribution is 5.66. The topological polar surface area (TPSA) is 55.0 Å². The minimum Gasteiger partial charge on any atom is -0.383 e. The van der Waals surface area contributed by atoms with Crippen LogP contribution in [0.25, 0.3) is 0 Å². The van der Waals surface area contributed by atoms with Crippen LogP contribution in [-0.2, 0) is 6.42 Å². The number of nitrogens with zero attached hydrogens (tertiary/aromatic N) is 3. The molecular formula is C15H20N4. The molecule has 1 aromatic carbocycles. The van der Waals surface area contributed by atoms with Gasteiger partial charge in [-0.05, 0) is 32.4 Å². The summed E-state index contributed by atoms with van der Waals surface area (Å²) in [6.45, 7) is 7.10. The van der Waals surface area contributed by atoms with Crippen molar-refractivity contribution in [3.05, 3.63) is 41.7 Å². The maximum Gasteiger partial charge on any atom is 0.141 e. The van der Waals surface area contributed by atoms with E-state index in [4.69, 9.17) is 5.73 Å². The molecular weight excluding hydrogens is 236 g/mol. The second-order valence-corrected chi connectivity index (χ2v) is 4.49. The monoisotopic (exact) mass is 256 g/mol. The van der Waals surface area contributed by atoms with Gasteiger partial charge in [0.2, 0.25) is 0 Å². The zero-order chi connectivity index (χ0) is 13.8. The lowest BCUT2D eigenvalue weighted by Crippen LogP contribution is -2.20. The Bertz CT molecular complexity index is 549. The lowest BCUT2D eigenvalue weighted by atomic mass is 10.1. The molecule has 1 heterocycles. The summed E-state index contributed by atoms with van der Waals surface area (Å²) in [4.78, 5) is 10.7. The van der Waals surface area contributed by atoms with Gasteiger partial charge in [0, 0.05) is 17.8 Å². The minimum atomic E-state index is 0.568. The van der Waals surface area contributed by atoms with Gasteiger partial charge in [-0.2, -0.15) is 0 Å². The predicted octanol–water partition coefficient (Wildman–Crippen LogP) is 3.09. The molecule has 100 valence electrons. The van der Waals surface area contributed by atoms with Crippen molar-refractivity contribution in [3.8, 4) is 0 Å². The Balaban J connectivity index is 2.48.